The molecule has 0 aromatic heterocycles. The first kappa shape index (κ1) is 25.5. The normalized spacial score (nSPS) is 13.6. The van der Waals surface area contributed by atoms with Crippen molar-refractivity contribution in [1.82, 2.24) is 10.2 Å². The van der Waals surface area contributed by atoms with Gasteiger partial charge in [0.15, 0.2) is 17.5 Å². The molecule has 2 aromatic carbocycles. The lowest BCUT2D eigenvalue weighted by molar-refractivity contribution is 0.330. The van der Waals surface area contributed by atoms with E-state index < -0.39 is 0 Å². The fraction of sp³-hybridized carbons (Fsp3) is 0.375. The van der Waals surface area contributed by atoms with Crippen LogP contribution in [-0.4, -0.2) is 64.9 Å². The fourth-order valence-corrected chi connectivity index (χ4v) is 3.55. The van der Waals surface area contributed by atoms with E-state index in [0.29, 0.717) is 18.0 Å². The van der Waals surface area contributed by atoms with Crippen LogP contribution in [0.2, 0.25) is 0 Å². The molecule has 1 saturated heterocycles. The summed E-state index contributed by atoms with van der Waals surface area (Å²) in [4.78, 5) is 9.12. The third-order valence-electron chi connectivity index (χ3n) is 5.22. The Balaban J connectivity index is 0.00000363. The molecule has 0 spiro atoms. The topological polar surface area (TPSA) is 58.6 Å². The highest BCUT2D eigenvalue weighted by atomic mass is 127. The highest BCUT2D eigenvalue weighted by Gasteiger charge is 2.20. The molecule has 1 heterocycles. The molecule has 0 saturated carbocycles. The Morgan fingerprint density at radius 1 is 1.03 bits per heavy atom. The predicted octanol–water partition coefficient (Wildman–Crippen LogP) is 3.23. The molecule has 0 bridgehead atoms. The van der Waals surface area contributed by atoms with Crippen LogP contribution in [0.25, 0.3) is 0 Å². The highest BCUT2D eigenvalue weighted by Crippen LogP contribution is 2.28. The summed E-state index contributed by atoms with van der Waals surface area (Å²) in [5, 5.41) is 3.45. The predicted molar refractivity (Wildman–Crippen MR) is 140 cm³/mol. The zero-order chi connectivity index (χ0) is 22.1. The fourth-order valence-electron chi connectivity index (χ4n) is 3.55. The second kappa shape index (κ2) is 12.9. The summed E-state index contributed by atoms with van der Waals surface area (Å²) in [6.07, 6.45) is 5.31. The lowest BCUT2D eigenvalue weighted by Gasteiger charge is -2.37. The number of guanidine groups is 1. The molecule has 1 fully saturated rings. The Labute approximate surface area is 207 Å². The average Bonchev–Trinajstić information content (AvgIpc) is 2.83. The molecule has 0 amide bonds. The van der Waals surface area contributed by atoms with Gasteiger partial charge < -0.3 is 29.3 Å². The quantitative estimate of drug-likeness (QED) is 0.248. The molecule has 1 aliphatic heterocycles. The number of terminal acetylenes is 1. The van der Waals surface area contributed by atoms with E-state index in [4.69, 9.17) is 20.6 Å². The molecule has 172 valence electrons. The van der Waals surface area contributed by atoms with Crippen molar-refractivity contribution in [3.05, 3.63) is 48.0 Å². The van der Waals surface area contributed by atoms with Crippen LogP contribution in [0.15, 0.2) is 47.5 Å². The first-order chi connectivity index (χ1) is 15.2. The van der Waals surface area contributed by atoms with Crippen molar-refractivity contribution in [2.45, 2.75) is 6.54 Å². The monoisotopic (exact) mass is 550 g/mol. The zero-order valence-corrected chi connectivity index (χ0v) is 21.2. The van der Waals surface area contributed by atoms with E-state index in [-0.39, 0.29) is 30.6 Å². The Morgan fingerprint density at radius 2 is 1.75 bits per heavy atom. The van der Waals surface area contributed by atoms with Crippen LogP contribution in [0.5, 0.6) is 17.2 Å². The first-order valence-electron chi connectivity index (χ1n) is 10.3. The van der Waals surface area contributed by atoms with Crippen LogP contribution >= 0.6 is 24.0 Å². The molecule has 2 aromatic rings. The molecule has 1 aliphatic rings. The minimum atomic E-state index is 0. The number of halogens is 1. The Bertz CT molecular complexity index is 920. The van der Waals surface area contributed by atoms with Crippen LogP contribution in [0.1, 0.15) is 5.56 Å². The van der Waals surface area contributed by atoms with Gasteiger partial charge in [0.25, 0.3) is 0 Å². The number of anilines is 1. The molecular formula is C24H31IN4O3. The van der Waals surface area contributed by atoms with Gasteiger partial charge in [0.05, 0.1) is 14.2 Å². The van der Waals surface area contributed by atoms with Crippen LogP contribution in [0.4, 0.5) is 5.69 Å². The minimum absolute atomic E-state index is 0. The molecule has 1 N–H and O–H groups in total. The first-order valence-corrected chi connectivity index (χ1v) is 10.3. The number of piperazine rings is 1. The molecule has 3 rings (SSSR count). The van der Waals surface area contributed by atoms with Crippen LogP contribution in [-0.2, 0) is 6.54 Å². The molecule has 32 heavy (non-hydrogen) atoms. The summed E-state index contributed by atoms with van der Waals surface area (Å²) in [6.45, 7) is 4.48. The molecular weight excluding hydrogens is 519 g/mol. The number of aliphatic imine (C=N–C) groups is 1. The maximum atomic E-state index is 5.59. The Morgan fingerprint density at radius 3 is 2.34 bits per heavy atom. The van der Waals surface area contributed by atoms with Gasteiger partial charge in [-0.15, -0.1) is 30.4 Å². The summed E-state index contributed by atoms with van der Waals surface area (Å²) in [5.41, 5.74) is 2.27. The molecule has 0 atom stereocenters. The van der Waals surface area contributed by atoms with E-state index in [1.54, 1.807) is 14.2 Å². The third-order valence-corrected chi connectivity index (χ3v) is 5.22. The number of hydrogen-bond acceptors (Lipinski definition) is 5. The number of methoxy groups -OCH3 is 2. The van der Waals surface area contributed by atoms with Gasteiger partial charge in [0.2, 0.25) is 0 Å². The van der Waals surface area contributed by atoms with Crippen LogP contribution < -0.4 is 24.4 Å². The summed E-state index contributed by atoms with van der Waals surface area (Å²) in [5.74, 6) is 5.55. The molecule has 7 nitrogen and oxygen atoms in total. The SMILES string of the molecule is C#CCOc1cc(CNC(=NC)N2CCN(c3ccc(OC)cc3)CC2)ccc1OC.I. The number of benzene rings is 2. The maximum absolute atomic E-state index is 5.59. The molecule has 0 aliphatic carbocycles. The number of ether oxygens (including phenoxy) is 3. The van der Waals surface area contributed by atoms with E-state index in [1.165, 1.54) is 5.69 Å². The van der Waals surface area contributed by atoms with Gasteiger partial charge in [-0.25, -0.2) is 0 Å². The van der Waals surface area contributed by atoms with Crippen molar-refractivity contribution >= 4 is 35.6 Å². The van der Waals surface area contributed by atoms with Gasteiger partial charge in [-0.05, 0) is 42.0 Å². The summed E-state index contributed by atoms with van der Waals surface area (Å²) >= 11 is 0. The van der Waals surface area contributed by atoms with Gasteiger partial charge in [0, 0.05) is 45.5 Å². The van der Waals surface area contributed by atoms with Gasteiger partial charge in [-0.2, -0.15) is 0 Å². The largest absolute Gasteiger partial charge is 0.497 e. The molecule has 0 unspecified atom stereocenters. The van der Waals surface area contributed by atoms with E-state index in [2.05, 4.69) is 38.2 Å². The van der Waals surface area contributed by atoms with Crippen molar-refractivity contribution in [3.63, 3.8) is 0 Å². The van der Waals surface area contributed by atoms with E-state index in [1.807, 2.05) is 37.4 Å². The number of nitrogens with one attached hydrogen (secondary N) is 1. The summed E-state index contributed by atoms with van der Waals surface area (Å²) < 4.78 is 16.2. The van der Waals surface area contributed by atoms with Gasteiger partial charge in [0.1, 0.15) is 12.4 Å². The summed E-state index contributed by atoms with van der Waals surface area (Å²) in [7, 11) is 5.11. The van der Waals surface area contributed by atoms with Crippen LogP contribution in [0, 0.1) is 12.3 Å². The van der Waals surface area contributed by atoms with E-state index in [0.717, 1.165) is 43.5 Å². The molecule has 8 heteroatoms. The van der Waals surface area contributed by atoms with Crippen molar-refractivity contribution < 1.29 is 14.2 Å². The lowest BCUT2D eigenvalue weighted by Crippen LogP contribution is -2.52. The average molecular weight is 550 g/mol. The van der Waals surface area contributed by atoms with Gasteiger partial charge in [-0.1, -0.05) is 12.0 Å². The van der Waals surface area contributed by atoms with Gasteiger partial charge in [-0.3, -0.25) is 4.99 Å². The Kier molecular flexibility index (Phi) is 10.3. The van der Waals surface area contributed by atoms with Gasteiger partial charge >= 0.3 is 0 Å². The summed E-state index contributed by atoms with van der Waals surface area (Å²) in [6, 6.07) is 14.0. The maximum Gasteiger partial charge on any atom is 0.194 e. The second-order valence-electron chi connectivity index (χ2n) is 7.05. The Hall–Kier alpha value is -2.80. The minimum Gasteiger partial charge on any atom is -0.497 e. The van der Waals surface area contributed by atoms with E-state index >= 15 is 0 Å². The van der Waals surface area contributed by atoms with Crippen molar-refractivity contribution in [2.75, 3.05) is 59.0 Å². The molecule has 0 radical (unpaired) electrons. The number of rotatable bonds is 7. The standard InChI is InChI=1S/C24H30N4O3.HI/c1-5-16-31-23-17-19(6-11-22(23)30-4)18-26-24(25-2)28-14-12-27(13-15-28)20-7-9-21(29-3)10-8-20;/h1,6-11,17H,12-16,18H2,2-4H3,(H,25,26);1H. The smallest absolute Gasteiger partial charge is 0.194 e. The zero-order valence-electron chi connectivity index (χ0n) is 18.8. The van der Waals surface area contributed by atoms with Crippen molar-refractivity contribution in [1.29, 1.82) is 0 Å². The number of nitrogens with zero attached hydrogens (tertiary/aromatic N) is 3. The number of hydrogen-bond donors (Lipinski definition) is 1. The lowest BCUT2D eigenvalue weighted by atomic mass is 10.2. The van der Waals surface area contributed by atoms with Crippen LogP contribution in [0.3, 0.4) is 0 Å². The third kappa shape index (κ3) is 6.60. The van der Waals surface area contributed by atoms with Crippen molar-refractivity contribution in [2.24, 2.45) is 4.99 Å². The highest BCUT2D eigenvalue weighted by molar-refractivity contribution is 14.0. The second-order valence-corrected chi connectivity index (χ2v) is 7.05. The van der Waals surface area contributed by atoms with E-state index in [9.17, 15) is 0 Å². The van der Waals surface area contributed by atoms with Crippen molar-refractivity contribution in [3.8, 4) is 29.6 Å².